The van der Waals surface area contributed by atoms with Crippen molar-refractivity contribution in [1.29, 1.82) is 0 Å². The van der Waals surface area contributed by atoms with E-state index < -0.39 is 5.97 Å². The summed E-state index contributed by atoms with van der Waals surface area (Å²) in [4.78, 5) is 32.4. The fourth-order valence-corrected chi connectivity index (χ4v) is 4.42. The second-order valence-corrected chi connectivity index (χ2v) is 9.02. The van der Waals surface area contributed by atoms with Crippen LogP contribution in [-0.2, 0) is 14.3 Å². The molecule has 1 amide bonds. The monoisotopic (exact) mass is 548 g/mol. The number of ether oxygens (including phenoxy) is 3. The number of methoxy groups -OCH3 is 2. The fraction of sp³-hybridized carbons (Fsp3) is 0.258. The molecule has 8 heteroatoms. The van der Waals surface area contributed by atoms with Crippen molar-refractivity contribution < 1.29 is 23.8 Å². The number of halogens is 1. The predicted molar refractivity (Wildman–Crippen MR) is 155 cm³/mol. The molecule has 0 bridgehead atoms. The Morgan fingerprint density at radius 2 is 1.54 bits per heavy atom. The van der Waals surface area contributed by atoms with Crippen LogP contribution in [0.3, 0.4) is 0 Å². The molecular formula is C31H33ClN2O5. The average molecular weight is 549 g/mol. The summed E-state index contributed by atoms with van der Waals surface area (Å²) >= 11 is 0. The molecule has 1 aromatic heterocycles. The zero-order chi connectivity index (χ0) is 26.9. The maximum atomic E-state index is 13.8. The Balaban J connectivity index is 0.00000420. The summed E-state index contributed by atoms with van der Waals surface area (Å²) < 4.78 is 16.9. The largest absolute Gasteiger partial charge is 0.493 e. The first-order valence-electron chi connectivity index (χ1n) is 12.6. The van der Waals surface area contributed by atoms with Crippen molar-refractivity contribution >= 4 is 42.1 Å². The van der Waals surface area contributed by atoms with Crippen LogP contribution in [0, 0.1) is 0 Å². The molecule has 0 spiro atoms. The fourth-order valence-electron chi connectivity index (χ4n) is 4.42. The highest BCUT2D eigenvalue weighted by Crippen LogP contribution is 2.33. The van der Waals surface area contributed by atoms with Crippen molar-refractivity contribution in [3.63, 3.8) is 0 Å². The van der Waals surface area contributed by atoms with Crippen LogP contribution < -0.4 is 14.4 Å². The van der Waals surface area contributed by atoms with Crippen LogP contribution in [-0.4, -0.2) is 44.2 Å². The SMILES string of the molecule is COC(=O)C(=C\c1ccc(OC2CCCC2)c(OC)c1)/C(=C\c1ccccc1)C(=O)N(C)c1ccncc1.Cl. The molecule has 0 radical (unpaired) electrons. The summed E-state index contributed by atoms with van der Waals surface area (Å²) in [5.41, 5.74) is 2.38. The van der Waals surface area contributed by atoms with E-state index in [1.54, 1.807) is 56.9 Å². The van der Waals surface area contributed by atoms with Crippen molar-refractivity contribution in [3.8, 4) is 11.5 Å². The maximum Gasteiger partial charge on any atom is 0.338 e. The number of hydrogen-bond acceptors (Lipinski definition) is 6. The number of amides is 1. The number of pyridine rings is 1. The zero-order valence-corrected chi connectivity index (χ0v) is 23.1. The molecule has 0 aliphatic heterocycles. The van der Waals surface area contributed by atoms with Gasteiger partial charge in [0, 0.05) is 25.1 Å². The van der Waals surface area contributed by atoms with Crippen LogP contribution in [0.5, 0.6) is 11.5 Å². The number of carbonyl (C=O) groups is 2. The Bertz CT molecular complexity index is 1320. The van der Waals surface area contributed by atoms with Crippen LogP contribution >= 0.6 is 12.4 Å². The molecule has 0 saturated heterocycles. The Morgan fingerprint density at radius 3 is 2.18 bits per heavy atom. The summed E-state index contributed by atoms with van der Waals surface area (Å²) in [5, 5.41) is 0. The highest BCUT2D eigenvalue weighted by Gasteiger charge is 2.26. The van der Waals surface area contributed by atoms with Crippen LogP contribution in [0.25, 0.3) is 12.2 Å². The molecule has 1 fully saturated rings. The predicted octanol–water partition coefficient (Wildman–Crippen LogP) is 6.14. The summed E-state index contributed by atoms with van der Waals surface area (Å²) in [7, 11) is 4.54. The van der Waals surface area contributed by atoms with Crippen LogP contribution in [0.15, 0.2) is 84.2 Å². The molecule has 1 heterocycles. The average Bonchev–Trinajstić information content (AvgIpc) is 3.48. The van der Waals surface area contributed by atoms with E-state index in [-0.39, 0.29) is 35.6 Å². The number of hydrogen-bond donors (Lipinski definition) is 0. The van der Waals surface area contributed by atoms with Crippen LogP contribution in [0.4, 0.5) is 5.69 Å². The van der Waals surface area contributed by atoms with Gasteiger partial charge in [-0.05, 0) is 73.2 Å². The second-order valence-electron chi connectivity index (χ2n) is 9.02. The summed E-state index contributed by atoms with van der Waals surface area (Å²) in [6, 6.07) is 18.3. The molecular weight excluding hydrogens is 516 g/mol. The number of likely N-dealkylation sites (N-methyl/N-ethyl adjacent to an activating group) is 1. The standard InChI is InChI=1S/C31H32N2O5.ClH/c1-33(24-15-17-32-18-16-24)30(34)26(19-22-9-5-4-6-10-22)27(31(35)37-3)20-23-13-14-28(29(21-23)36-2)38-25-11-7-8-12-25;/h4-6,9-10,13-21,25H,7-8,11-12H2,1-3H3;1H/b26-19+,27-20-;. The van der Waals surface area contributed by atoms with Gasteiger partial charge in [-0.25, -0.2) is 4.79 Å². The number of nitrogens with zero attached hydrogens (tertiary/aromatic N) is 2. The van der Waals surface area contributed by atoms with Crippen LogP contribution in [0.1, 0.15) is 36.8 Å². The molecule has 7 nitrogen and oxygen atoms in total. The van der Waals surface area contributed by atoms with E-state index in [0.717, 1.165) is 31.2 Å². The van der Waals surface area contributed by atoms with E-state index in [2.05, 4.69) is 4.98 Å². The van der Waals surface area contributed by atoms with Gasteiger partial charge in [-0.1, -0.05) is 36.4 Å². The lowest BCUT2D eigenvalue weighted by Gasteiger charge is -2.20. The number of benzene rings is 2. The summed E-state index contributed by atoms with van der Waals surface area (Å²) in [6.45, 7) is 0. The molecule has 39 heavy (non-hydrogen) atoms. The lowest BCUT2D eigenvalue weighted by Crippen LogP contribution is -2.30. The number of esters is 1. The molecule has 4 rings (SSSR count). The number of anilines is 1. The highest BCUT2D eigenvalue weighted by atomic mass is 35.5. The quantitative estimate of drug-likeness (QED) is 0.182. The van der Waals surface area contributed by atoms with Gasteiger partial charge in [-0.3, -0.25) is 9.78 Å². The van der Waals surface area contributed by atoms with E-state index in [0.29, 0.717) is 22.7 Å². The first kappa shape index (κ1) is 29.5. The molecule has 1 saturated carbocycles. The van der Waals surface area contributed by atoms with Gasteiger partial charge in [0.25, 0.3) is 5.91 Å². The zero-order valence-electron chi connectivity index (χ0n) is 22.3. The van der Waals surface area contributed by atoms with E-state index in [1.807, 2.05) is 42.5 Å². The van der Waals surface area contributed by atoms with Gasteiger partial charge in [0.15, 0.2) is 11.5 Å². The molecule has 2 aromatic carbocycles. The third-order valence-corrected chi connectivity index (χ3v) is 6.49. The topological polar surface area (TPSA) is 78.0 Å². The third-order valence-electron chi connectivity index (χ3n) is 6.49. The van der Waals surface area contributed by atoms with Crippen LogP contribution in [0.2, 0.25) is 0 Å². The van der Waals surface area contributed by atoms with E-state index in [1.165, 1.54) is 12.0 Å². The van der Waals surface area contributed by atoms with Gasteiger partial charge in [0.05, 0.1) is 31.5 Å². The molecule has 3 aromatic rings. The number of rotatable bonds is 9. The maximum absolute atomic E-state index is 13.8. The Hall–Kier alpha value is -4.10. The Labute approximate surface area is 235 Å². The highest BCUT2D eigenvalue weighted by molar-refractivity contribution is 6.19. The van der Waals surface area contributed by atoms with Gasteiger partial charge >= 0.3 is 5.97 Å². The molecule has 0 unspecified atom stereocenters. The Kier molecular flexibility index (Phi) is 10.7. The number of carbonyl (C=O) groups excluding carboxylic acids is 2. The van der Waals surface area contributed by atoms with Gasteiger partial charge in [0.1, 0.15) is 0 Å². The minimum Gasteiger partial charge on any atom is -0.493 e. The van der Waals surface area contributed by atoms with E-state index in [9.17, 15) is 9.59 Å². The van der Waals surface area contributed by atoms with Crippen molar-refractivity contribution in [1.82, 2.24) is 4.98 Å². The molecule has 0 atom stereocenters. The molecule has 204 valence electrons. The summed E-state index contributed by atoms with van der Waals surface area (Å²) in [6.07, 6.45) is 11.1. The molecule has 1 aliphatic rings. The first-order chi connectivity index (χ1) is 18.5. The normalized spacial score (nSPS) is 13.8. The van der Waals surface area contributed by atoms with E-state index in [4.69, 9.17) is 14.2 Å². The third kappa shape index (κ3) is 7.48. The van der Waals surface area contributed by atoms with Gasteiger partial charge < -0.3 is 19.1 Å². The molecule has 1 aliphatic carbocycles. The minimum atomic E-state index is -0.631. The number of aromatic nitrogens is 1. The molecule has 0 N–H and O–H groups in total. The summed E-state index contributed by atoms with van der Waals surface area (Å²) in [5.74, 6) is 0.215. The van der Waals surface area contributed by atoms with Gasteiger partial charge in [-0.15, -0.1) is 12.4 Å². The minimum absolute atomic E-state index is 0. The lowest BCUT2D eigenvalue weighted by atomic mass is 9.98. The second kappa shape index (κ2) is 14.2. The lowest BCUT2D eigenvalue weighted by molar-refractivity contribution is -0.136. The van der Waals surface area contributed by atoms with Crippen molar-refractivity contribution in [2.45, 2.75) is 31.8 Å². The first-order valence-corrected chi connectivity index (χ1v) is 12.6. The Morgan fingerprint density at radius 1 is 0.872 bits per heavy atom. The van der Waals surface area contributed by atoms with E-state index >= 15 is 0 Å². The smallest absolute Gasteiger partial charge is 0.338 e. The van der Waals surface area contributed by atoms with Crippen molar-refractivity contribution in [2.75, 3.05) is 26.2 Å². The van der Waals surface area contributed by atoms with Crippen molar-refractivity contribution in [2.24, 2.45) is 0 Å². The van der Waals surface area contributed by atoms with Crippen molar-refractivity contribution in [3.05, 3.63) is 95.3 Å². The van der Waals surface area contributed by atoms with Gasteiger partial charge in [-0.2, -0.15) is 0 Å². The van der Waals surface area contributed by atoms with Gasteiger partial charge in [0.2, 0.25) is 0 Å².